The summed E-state index contributed by atoms with van der Waals surface area (Å²) < 4.78 is 5.50. The molecule has 1 atom stereocenters. The van der Waals surface area contributed by atoms with Crippen LogP contribution in [0.5, 0.6) is 0 Å². The van der Waals surface area contributed by atoms with Crippen molar-refractivity contribution in [3.63, 3.8) is 0 Å². The second-order valence-corrected chi connectivity index (χ2v) is 5.81. The first-order chi connectivity index (χ1) is 10.8. The normalized spacial score (nSPS) is 12.4. The topological polar surface area (TPSA) is 114 Å². The van der Waals surface area contributed by atoms with Crippen LogP contribution in [-0.4, -0.2) is 26.1 Å². The van der Waals surface area contributed by atoms with Crippen LogP contribution in [-0.2, 0) is 11.2 Å². The largest absolute Gasteiger partial charge is 0.423 e. The number of hydrogen-bond donors (Lipinski definition) is 2. The van der Waals surface area contributed by atoms with Gasteiger partial charge in [0.1, 0.15) is 11.9 Å². The van der Waals surface area contributed by atoms with Gasteiger partial charge in [-0.1, -0.05) is 13.8 Å². The maximum atomic E-state index is 12.1. The molecule has 2 heterocycles. The molecule has 0 aliphatic heterocycles. The lowest BCUT2D eigenvalue weighted by atomic mass is 10.1. The Morgan fingerprint density at radius 3 is 2.43 bits per heavy atom. The van der Waals surface area contributed by atoms with Gasteiger partial charge in [-0.15, -0.1) is 10.2 Å². The van der Waals surface area contributed by atoms with Crippen molar-refractivity contribution in [2.45, 2.75) is 53.0 Å². The summed E-state index contributed by atoms with van der Waals surface area (Å²) in [5.74, 6) is 1.21. The zero-order valence-electron chi connectivity index (χ0n) is 13.9. The predicted molar refractivity (Wildman–Crippen MR) is 83.0 cm³/mol. The Labute approximate surface area is 133 Å². The monoisotopic (exact) mass is 319 g/mol. The van der Waals surface area contributed by atoms with Crippen LogP contribution < -0.4 is 10.9 Å². The molecule has 0 aromatic carbocycles. The summed E-state index contributed by atoms with van der Waals surface area (Å²) in [6.07, 6.45) is -0.0516. The molecule has 0 radical (unpaired) electrons. The average molecular weight is 319 g/mol. The minimum atomic E-state index is -0.430. The first-order valence-corrected chi connectivity index (χ1v) is 7.47. The van der Waals surface area contributed by atoms with E-state index in [9.17, 15) is 9.59 Å². The van der Waals surface area contributed by atoms with E-state index in [0.717, 1.165) is 0 Å². The van der Waals surface area contributed by atoms with Crippen LogP contribution in [0.15, 0.2) is 9.21 Å². The SMILES string of the molecule is Cc1nc(C)c(CC(=O)N[C@@H](C)c2nnc(C(C)C)o2)c(=O)[nH]1. The fourth-order valence-corrected chi connectivity index (χ4v) is 2.13. The van der Waals surface area contributed by atoms with E-state index in [0.29, 0.717) is 28.9 Å². The minimum Gasteiger partial charge on any atom is -0.423 e. The molecule has 2 aromatic heterocycles. The zero-order valence-corrected chi connectivity index (χ0v) is 13.9. The molecule has 1 amide bonds. The van der Waals surface area contributed by atoms with E-state index in [1.165, 1.54) is 0 Å². The van der Waals surface area contributed by atoms with Gasteiger partial charge in [-0.3, -0.25) is 9.59 Å². The maximum Gasteiger partial charge on any atom is 0.254 e. The van der Waals surface area contributed by atoms with E-state index in [2.05, 4.69) is 25.5 Å². The Bertz CT molecular complexity index is 763. The van der Waals surface area contributed by atoms with Crippen LogP contribution in [0.25, 0.3) is 0 Å². The summed E-state index contributed by atoms with van der Waals surface area (Å²) in [5.41, 5.74) is 0.611. The number of nitrogens with zero attached hydrogens (tertiary/aromatic N) is 3. The molecule has 0 unspecified atom stereocenters. The molecule has 0 saturated carbocycles. The summed E-state index contributed by atoms with van der Waals surface area (Å²) in [4.78, 5) is 30.8. The van der Waals surface area contributed by atoms with Crippen LogP contribution in [0, 0.1) is 13.8 Å². The van der Waals surface area contributed by atoms with Crippen molar-refractivity contribution >= 4 is 5.91 Å². The Morgan fingerprint density at radius 2 is 1.87 bits per heavy atom. The summed E-state index contributed by atoms with van der Waals surface area (Å²) >= 11 is 0. The van der Waals surface area contributed by atoms with E-state index < -0.39 is 6.04 Å². The van der Waals surface area contributed by atoms with Gasteiger partial charge >= 0.3 is 0 Å². The highest BCUT2D eigenvalue weighted by molar-refractivity contribution is 5.79. The second-order valence-electron chi connectivity index (χ2n) is 5.81. The Morgan fingerprint density at radius 1 is 1.22 bits per heavy atom. The van der Waals surface area contributed by atoms with Crippen molar-refractivity contribution in [3.8, 4) is 0 Å². The molecule has 23 heavy (non-hydrogen) atoms. The molecule has 2 N–H and O–H groups in total. The first kappa shape index (κ1) is 16.9. The van der Waals surface area contributed by atoms with Crippen LogP contribution in [0.1, 0.15) is 61.6 Å². The Hall–Kier alpha value is -2.51. The molecule has 0 fully saturated rings. The van der Waals surface area contributed by atoms with Gasteiger partial charge in [0.2, 0.25) is 17.7 Å². The lowest BCUT2D eigenvalue weighted by Crippen LogP contribution is -2.31. The summed E-state index contributed by atoms with van der Waals surface area (Å²) in [5, 5.41) is 10.6. The van der Waals surface area contributed by atoms with Gasteiger partial charge in [0.05, 0.1) is 6.42 Å². The first-order valence-electron chi connectivity index (χ1n) is 7.47. The van der Waals surface area contributed by atoms with Crippen LogP contribution in [0.2, 0.25) is 0 Å². The third-order valence-electron chi connectivity index (χ3n) is 3.38. The Balaban J connectivity index is 2.06. The van der Waals surface area contributed by atoms with Gasteiger partial charge in [-0.25, -0.2) is 4.98 Å². The van der Waals surface area contributed by atoms with Crippen molar-refractivity contribution in [1.82, 2.24) is 25.5 Å². The molecular weight excluding hydrogens is 298 g/mol. The summed E-state index contributed by atoms with van der Waals surface area (Å²) in [6.45, 7) is 9.05. The second kappa shape index (κ2) is 6.72. The van der Waals surface area contributed by atoms with Crippen molar-refractivity contribution < 1.29 is 9.21 Å². The number of carbonyl (C=O) groups is 1. The number of nitrogens with one attached hydrogen (secondary N) is 2. The molecule has 124 valence electrons. The quantitative estimate of drug-likeness (QED) is 0.859. The molecule has 8 nitrogen and oxygen atoms in total. The van der Waals surface area contributed by atoms with Gasteiger partial charge in [-0.05, 0) is 20.8 Å². The molecule has 0 aliphatic carbocycles. The maximum absolute atomic E-state index is 12.1. The molecular formula is C15H21N5O3. The Kier molecular flexibility index (Phi) is 4.92. The fraction of sp³-hybridized carbons (Fsp3) is 0.533. The number of carbonyl (C=O) groups excluding carboxylic acids is 1. The van der Waals surface area contributed by atoms with E-state index in [-0.39, 0.29) is 23.8 Å². The number of aryl methyl sites for hydroxylation is 2. The summed E-state index contributed by atoms with van der Waals surface area (Å²) in [6, 6.07) is -0.430. The molecule has 0 bridgehead atoms. The number of aromatic amines is 1. The third-order valence-corrected chi connectivity index (χ3v) is 3.38. The minimum absolute atomic E-state index is 0.0516. The van der Waals surface area contributed by atoms with Gasteiger partial charge in [0.15, 0.2) is 0 Å². The fourth-order valence-electron chi connectivity index (χ4n) is 2.13. The number of amides is 1. The predicted octanol–water partition coefficient (Wildman–Crippen LogP) is 1.31. The van der Waals surface area contributed by atoms with Crippen LogP contribution in [0.4, 0.5) is 0 Å². The number of H-pyrrole nitrogens is 1. The van der Waals surface area contributed by atoms with E-state index >= 15 is 0 Å². The highest BCUT2D eigenvalue weighted by atomic mass is 16.4. The van der Waals surface area contributed by atoms with Crippen LogP contribution in [0.3, 0.4) is 0 Å². The lowest BCUT2D eigenvalue weighted by Gasteiger charge is -2.10. The molecule has 2 rings (SSSR count). The summed E-state index contributed by atoms with van der Waals surface area (Å²) in [7, 11) is 0. The number of aromatic nitrogens is 4. The van der Waals surface area contributed by atoms with Gasteiger partial charge < -0.3 is 14.7 Å². The van der Waals surface area contributed by atoms with Crippen molar-refractivity contribution in [2.75, 3.05) is 0 Å². The highest BCUT2D eigenvalue weighted by Gasteiger charge is 2.19. The molecule has 0 saturated heterocycles. The zero-order chi connectivity index (χ0) is 17.1. The van der Waals surface area contributed by atoms with Gasteiger partial charge in [0, 0.05) is 17.2 Å². The number of hydrogen-bond acceptors (Lipinski definition) is 6. The average Bonchev–Trinajstić information content (AvgIpc) is 2.92. The molecule has 8 heteroatoms. The van der Waals surface area contributed by atoms with Crippen molar-refractivity contribution in [2.24, 2.45) is 0 Å². The standard InChI is InChI=1S/C15H21N5O3/c1-7(2)14-19-20-15(23-14)9(4)17-12(21)6-11-8(3)16-10(5)18-13(11)22/h7,9H,6H2,1-5H3,(H,17,21)(H,16,18,22)/t9-/m0/s1. The van der Waals surface area contributed by atoms with E-state index in [1.807, 2.05) is 13.8 Å². The van der Waals surface area contributed by atoms with Crippen molar-refractivity contribution in [1.29, 1.82) is 0 Å². The third kappa shape index (κ3) is 4.02. The van der Waals surface area contributed by atoms with Gasteiger partial charge in [-0.2, -0.15) is 0 Å². The van der Waals surface area contributed by atoms with Crippen molar-refractivity contribution in [3.05, 3.63) is 39.2 Å². The van der Waals surface area contributed by atoms with E-state index in [1.54, 1.807) is 20.8 Å². The van der Waals surface area contributed by atoms with Crippen LogP contribution >= 0.6 is 0 Å². The molecule has 0 spiro atoms. The molecule has 2 aromatic rings. The van der Waals surface area contributed by atoms with E-state index in [4.69, 9.17) is 4.42 Å². The van der Waals surface area contributed by atoms with Gasteiger partial charge in [0.25, 0.3) is 5.56 Å². The lowest BCUT2D eigenvalue weighted by molar-refractivity contribution is -0.121. The highest BCUT2D eigenvalue weighted by Crippen LogP contribution is 2.16. The molecule has 0 aliphatic rings. The smallest absolute Gasteiger partial charge is 0.254 e. The number of rotatable bonds is 5.